The lowest BCUT2D eigenvalue weighted by molar-refractivity contribution is -0.134. The number of rotatable bonds is 7. The maximum absolute atomic E-state index is 12.5. The average Bonchev–Trinajstić information content (AvgIpc) is 3.63. The molecule has 3 saturated heterocycles. The largest absolute Gasteiger partial charge is 0.381 e. The van der Waals surface area contributed by atoms with Crippen molar-refractivity contribution in [3.63, 3.8) is 0 Å². The van der Waals surface area contributed by atoms with Gasteiger partial charge in [-0.2, -0.15) is 0 Å². The fourth-order valence-electron chi connectivity index (χ4n) is 5.10. The van der Waals surface area contributed by atoms with Gasteiger partial charge >= 0.3 is 0 Å². The molecule has 4 fully saturated rings. The molecule has 1 N–H and O–H groups in total. The minimum atomic E-state index is 0.108. The molecule has 1 saturated carbocycles. The van der Waals surface area contributed by atoms with Gasteiger partial charge < -0.3 is 19.7 Å². The van der Waals surface area contributed by atoms with Crippen LogP contribution >= 0.6 is 0 Å². The van der Waals surface area contributed by atoms with Crippen molar-refractivity contribution in [1.82, 2.24) is 15.1 Å². The van der Waals surface area contributed by atoms with E-state index in [1.165, 1.54) is 0 Å². The normalized spacial score (nSPS) is 25.3. The Morgan fingerprint density at radius 3 is 2.00 bits per heavy atom. The monoisotopic (exact) mass is 407 g/mol. The molecular weight excluding hydrogens is 370 g/mol. The molecule has 0 bridgehead atoms. The third kappa shape index (κ3) is 5.70. The highest BCUT2D eigenvalue weighted by molar-refractivity contribution is 5.81. The van der Waals surface area contributed by atoms with Gasteiger partial charge in [-0.15, -0.1) is 0 Å². The second kappa shape index (κ2) is 10.2. The number of ether oxygens (including phenoxy) is 2. The van der Waals surface area contributed by atoms with Crippen LogP contribution in [0.5, 0.6) is 0 Å². The molecule has 3 aliphatic heterocycles. The molecule has 0 aromatic rings. The molecule has 0 aromatic heterocycles. The van der Waals surface area contributed by atoms with Crippen LogP contribution in [-0.4, -0.2) is 86.3 Å². The van der Waals surface area contributed by atoms with Crippen molar-refractivity contribution >= 4 is 11.8 Å². The topological polar surface area (TPSA) is 71.1 Å². The molecule has 2 amide bonds. The van der Waals surface area contributed by atoms with Crippen molar-refractivity contribution in [3.05, 3.63) is 0 Å². The summed E-state index contributed by atoms with van der Waals surface area (Å²) in [5.41, 5.74) is 0. The first kappa shape index (κ1) is 21.1. The van der Waals surface area contributed by atoms with Crippen molar-refractivity contribution in [1.29, 1.82) is 0 Å². The zero-order valence-electron chi connectivity index (χ0n) is 17.7. The number of carbonyl (C=O) groups excluding carboxylic acids is 2. The molecule has 0 aromatic carbocycles. The first-order chi connectivity index (χ1) is 14.2. The first-order valence-corrected chi connectivity index (χ1v) is 11.7. The molecule has 7 nitrogen and oxygen atoms in total. The van der Waals surface area contributed by atoms with E-state index in [4.69, 9.17) is 9.47 Å². The van der Waals surface area contributed by atoms with Gasteiger partial charge in [0.1, 0.15) is 0 Å². The van der Waals surface area contributed by atoms with Crippen molar-refractivity contribution in [2.45, 2.75) is 63.5 Å². The van der Waals surface area contributed by atoms with E-state index in [1.807, 2.05) is 0 Å². The van der Waals surface area contributed by atoms with Crippen molar-refractivity contribution in [2.24, 2.45) is 11.8 Å². The van der Waals surface area contributed by atoms with E-state index in [0.717, 1.165) is 84.2 Å². The van der Waals surface area contributed by atoms with Crippen LogP contribution in [0.2, 0.25) is 0 Å². The number of hydrogen-bond acceptors (Lipinski definition) is 5. The number of hydrogen-bond donors (Lipinski definition) is 1. The molecule has 3 heterocycles. The number of carbonyl (C=O) groups is 2. The summed E-state index contributed by atoms with van der Waals surface area (Å²) in [6.45, 7) is 6.41. The SMILES string of the molecule is O=C(NCCN(C1CCOCC1)C1CCN(C(=O)C2CC2)CC1)C1CCOCC1. The zero-order valence-corrected chi connectivity index (χ0v) is 17.7. The van der Waals surface area contributed by atoms with Gasteiger partial charge in [-0.1, -0.05) is 0 Å². The van der Waals surface area contributed by atoms with Crippen molar-refractivity contribution in [2.75, 3.05) is 52.6 Å². The van der Waals surface area contributed by atoms with E-state index in [2.05, 4.69) is 15.1 Å². The summed E-state index contributed by atoms with van der Waals surface area (Å²) in [7, 11) is 0. The van der Waals surface area contributed by atoms with E-state index >= 15 is 0 Å². The van der Waals surface area contributed by atoms with Crippen LogP contribution in [0.3, 0.4) is 0 Å². The smallest absolute Gasteiger partial charge is 0.225 e. The van der Waals surface area contributed by atoms with Crippen LogP contribution in [0.25, 0.3) is 0 Å². The zero-order chi connectivity index (χ0) is 20.1. The Hall–Kier alpha value is -1.18. The van der Waals surface area contributed by atoms with Gasteiger partial charge in [-0.25, -0.2) is 0 Å². The lowest BCUT2D eigenvalue weighted by atomic mass is 9.97. The first-order valence-electron chi connectivity index (χ1n) is 11.7. The van der Waals surface area contributed by atoms with Gasteiger partial charge in [-0.05, 0) is 51.4 Å². The summed E-state index contributed by atoms with van der Waals surface area (Å²) in [6, 6.07) is 1.03. The summed E-state index contributed by atoms with van der Waals surface area (Å²) in [5.74, 6) is 0.991. The van der Waals surface area contributed by atoms with E-state index in [1.54, 1.807) is 0 Å². The lowest BCUT2D eigenvalue weighted by Crippen LogP contribution is -2.53. The quantitative estimate of drug-likeness (QED) is 0.691. The second-order valence-corrected chi connectivity index (χ2v) is 9.09. The predicted octanol–water partition coefficient (Wildman–Crippen LogP) is 1.41. The Labute approximate surface area is 174 Å². The summed E-state index contributed by atoms with van der Waals surface area (Å²) in [5, 5.41) is 3.18. The maximum Gasteiger partial charge on any atom is 0.225 e. The molecular formula is C22H37N3O4. The summed E-state index contributed by atoms with van der Waals surface area (Å²) in [4.78, 5) is 29.5. The average molecular weight is 408 g/mol. The summed E-state index contributed by atoms with van der Waals surface area (Å²) >= 11 is 0. The number of likely N-dealkylation sites (tertiary alicyclic amines) is 1. The molecule has 29 heavy (non-hydrogen) atoms. The predicted molar refractivity (Wildman–Crippen MR) is 109 cm³/mol. The lowest BCUT2D eigenvalue weighted by Gasteiger charge is -2.43. The van der Waals surface area contributed by atoms with Gasteiger partial charge in [0.2, 0.25) is 11.8 Å². The molecule has 1 aliphatic carbocycles. The maximum atomic E-state index is 12.5. The molecule has 0 spiro atoms. The minimum absolute atomic E-state index is 0.108. The Balaban J connectivity index is 1.28. The fourth-order valence-corrected chi connectivity index (χ4v) is 5.10. The van der Waals surface area contributed by atoms with Gasteiger partial charge in [0, 0.05) is 76.5 Å². The van der Waals surface area contributed by atoms with Gasteiger partial charge in [0.05, 0.1) is 0 Å². The highest BCUT2D eigenvalue weighted by Crippen LogP contribution is 2.32. The Morgan fingerprint density at radius 2 is 1.38 bits per heavy atom. The number of nitrogens with zero attached hydrogens (tertiary/aromatic N) is 2. The van der Waals surface area contributed by atoms with Crippen molar-refractivity contribution in [3.8, 4) is 0 Å². The van der Waals surface area contributed by atoms with Gasteiger partial charge in [-0.3, -0.25) is 14.5 Å². The van der Waals surface area contributed by atoms with E-state index in [-0.39, 0.29) is 11.8 Å². The van der Waals surface area contributed by atoms with Crippen LogP contribution in [-0.2, 0) is 19.1 Å². The number of nitrogens with one attached hydrogen (secondary N) is 1. The Morgan fingerprint density at radius 1 is 0.793 bits per heavy atom. The molecule has 164 valence electrons. The molecule has 0 atom stereocenters. The van der Waals surface area contributed by atoms with E-state index < -0.39 is 0 Å². The van der Waals surface area contributed by atoms with Gasteiger partial charge in [0.25, 0.3) is 0 Å². The van der Waals surface area contributed by atoms with Crippen molar-refractivity contribution < 1.29 is 19.1 Å². The van der Waals surface area contributed by atoms with E-state index in [0.29, 0.717) is 43.7 Å². The van der Waals surface area contributed by atoms with Crippen LogP contribution in [0, 0.1) is 11.8 Å². The van der Waals surface area contributed by atoms with Crippen LogP contribution in [0.1, 0.15) is 51.4 Å². The Kier molecular flexibility index (Phi) is 7.43. The second-order valence-electron chi connectivity index (χ2n) is 9.09. The fraction of sp³-hybridized carbons (Fsp3) is 0.909. The van der Waals surface area contributed by atoms with Crippen LogP contribution in [0.15, 0.2) is 0 Å². The molecule has 4 aliphatic rings. The Bertz CT molecular complexity index is 548. The molecule has 0 unspecified atom stereocenters. The minimum Gasteiger partial charge on any atom is -0.381 e. The molecule has 4 rings (SSSR count). The number of piperidine rings is 1. The summed E-state index contributed by atoms with van der Waals surface area (Å²) in [6.07, 6.45) is 8.06. The highest BCUT2D eigenvalue weighted by Gasteiger charge is 2.37. The third-order valence-corrected chi connectivity index (χ3v) is 7.09. The number of amides is 2. The highest BCUT2D eigenvalue weighted by atomic mass is 16.5. The summed E-state index contributed by atoms with van der Waals surface area (Å²) < 4.78 is 10.9. The van der Waals surface area contributed by atoms with Crippen LogP contribution < -0.4 is 5.32 Å². The van der Waals surface area contributed by atoms with Crippen LogP contribution in [0.4, 0.5) is 0 Å². The standard InChI is InChI=1S/C22H37N3O4/c26-21(17-5-13-28-14-6-17)23-9-12-25(20-7-15-29-16-8-20)19-3-10-24(11-4-19)22(27)18-1-2-18/h17-20H,1-16H2,(H,23,26). The molecule has 0 radical (unpaired) electrons. The third-order valence-electron chi connectivity index (χ3n) is 7.09. The van der Waals surface area contributed by atoms with Gasteiger partial charge in [0.15, 0.2) is 0 Å². The molecule has 7 heteroatoms. The van der Waals surface area contributed by atoms with E-state index in [9.17, 15) is 9.59 Å².